The van der Waals surface area contributed by atoms with Crippen molar-refractivity contribution in [2.24, 2.45) is 5.41 Å². The highest BCUT2D eigenvalue weighted by molar-refractivity contribution is 5.81. The summed E-state index contributed by atoms with van der Waals surface area (Å²) < 4.78 is 0. The van der Waals surface area contributed by atoms with E-state index in [0.29, 0.717) is 5.41 Å². The predicted octanol–water partition coefficient (Wildman–Crippen LogP) is 2.22. The first kappa shape index (κ1) is 12.9. The van der Waals surface area contributed by atoms with E-state index < -0.39 is 0 Å². The summed E-state index contributed by atoms with van der Waals surface area (Å²) in [5.74, 6) is 0.210. The number of nitrogens with one attached hydrogen (secondary N) is 2. The van der Waals surface area contributed by atoms with Crippen LogP contribution < -0.4 is 10.6 Å². The molecule has 17 heavy (non-hydrogen) atoms. The molecule has 1 saturated heterocycles. The van der Waals surface area contributed by atoms with E-state index in [9.17, 15) is 4.79 Å². The fourth-order valence-corrected chi connectivity index (χ4v) is 3.09. The number of hydrogen-bond donors (Lipinski definition) is 2. The van der Waals surface area contributed by atoms with Crippen molar-refractivity contribution in [1.29, 1.82) is 0 Å². The summed E-state index contributed by atoms with van der Waals surface area (Å²) in [6.07, 6.45) is 10.0. The molecule has 0 aromatic heterocycles. The molecule has 1 amide bonds. The van der Waals surface area contributed by atoms with E-state index in [2.05, 4.69) is 17.6 Å². The number of carbonyl (C=O) groups excluding carboxylic acids is 1. The third-order valence-corrected chi connectivity index (χ3v) is 4.37. The highest BCUT2D eigenvalue weighted by atomic mass is 16.2. The average Bonchev–Trinajstić information content (AvgIpc) is 2.53. The maximum atomic E-state index is 11.8. The lowest BCUT2D eigenvalue weighted by Gasteiger charge is -2.35. The van der Waals surface area contributed by atoms with Gasteiger partial charge >= 0.3 is 0 Å². The van der Waals surface area contributed by atoms with Gasteiger partial charge in [-0.1, -0.05) is 26.2 Å². The first-order valence-electron chi connectivity index (χ1n) is 7.21. The molecule has 3 heteroatoms. The Hall–Kier alpha value is -0.570. The quantitative estimate of drug-likeness (QED) is 0.791. The highest BCUT2D eigenvalue weighted by Crippen LogP contribution is 2.35. The van der Waals surface area contributed by atoms with E-state index in [1.165, 1.54) is 32.1 Å². The number of rotatable bonds is 3. The fourth-order valence-electron chi connectivity index (χ4n) is 3.09. The van der Waals surface area contributed by atoms with E-state index >= 15 is 0 Å². The topological polar surface area (TPSA) is 41.1 Å². The zero-order valence-corrected chi connectivity index (χ0v) is 11.1. The summed E-state index contributed by atoms with van der Waals surface area (Å²) in [6.45, 7) is 4.23. The van der Waals surface area contributed by atoms with Crippen molar-refractivity contribution in [1.82, 2.24) is 10.6 Å². The van der Waals surface area contributed by atoms with Gasteiger partial charge in [-0.2, -0.15) is 0 Å². The Morgan fingerprint density at radius 3 is 2.76 bits per heavy atom. The molecule has 1 saturated carbocycles. The standard InChI is InChI=1S/C14H26N2O/c1-14(8-4-2-5-9-14)11-16-12-7-3-6-10-15-13(12)17/h12,16H,2-11H2,1H3,(H,15,17). The van der Waals surface area contributed by atoms with Gasteiger partial charge in [-0.3, -0.25) is 4.79 Å². The summed E-state index contributed by atoms with van der Waals surface area (Å²) >= 11 is 0. The van der Waals surface area contributed by atoms with Crippen LogP contribution in [-0.4, -0.2) is 25.0 Å². The molecular formula is C14H26N2O. The first-order chi connectivity index (χ1) is 8.20. The minimum Gasteiger partial charge on any atom is -0.355 e. The zero-order valence-electron chi connectivity index (χ0n) is 11.1. The normalized spacial score (nSPS) is 29.5. The molecule has 1 unspecified atom stereocenters. The molecule has 1 aliphatic heterocycles. The number of hydrogen-bond acceptors (Lipinski definition) is 2. The van der Waals surface area contributed by atoms with Crippen molar-refractivity contribution in [3.63, 3.8) is 0 Å². The molecule has 3 nitrogen and oxygen atoms in total. The lowest BCUT2D eigenvalue weighted by atomic mass is 9.75. The van der Waals surface area contributed by atoms with E-state index in [4.69, 9.17) is 0 Å². The number of amides is 1. The van der Waals surface area contributed by atoms with Crippen LogP contribution in [0.5, 0.6) is 0 Å². The molecule has 1 aliphatic carbocycles. The highest BCUT2D eigenvalue weighted by Gasteiger charge is 2.29. The van der Waals surface area contributed by atoms with E-state index in [-0.39, 0.29) is 11.9 Å². The van der Waals surface area contributed by atoms with Gasteiger partial charge in [0.25, 0.3) is 0 Å². The minimum absolute atomic E-state index is 0.0521. The van der Waals surface area contributed by atoms with Crippen molar-refractivity contribution in [3.8, 4) is 0 Å². The second-order valence-electron chi connectivity index (χ2n) is 6.09. The first-order valence-corrected chi connectivity index (χ1v) is 7.21. The second-order valence-corrected chi connectivity index (χ2v) is 6.09. The van der Waals surface area contributed by atoms with Crippen LogP contribution in [0.1, 0.15) is 58.3 Å². The molecular weight excluding hydrogens is 212 g/mol. The molecule has 0 spiro atoms. The Morgan fingerprint density at radius 2 is 2.00 bits per heavy atom. The molecule has 1 heterocycles. The van der Waals surface area contributed by atoms with Crippen LogP contribution in [0.15, 0.2) is 0 Å². The summed E-state index contributed by atoms with van der Waals surface area (Å²) in [4.78, 5) is 11.8. The maximum Gasteiger partial charge on any atom is 0.237 e. The Kier molecular flexibility index (Phi) is 4.43. The predicted molar refractivity (Wildman–Crippen MR) is 69.8 cm³/mol. The molecule has 0 radical (unpaired) electrons. The smallest absolute Gasteiger partial charge is 0.237 e. The lowest BCUT2D eigenvalue weighted by Crippen LogP contribution is -2.46. The van der Waals surface area contributed by atoms with Crippen molar-refractivity contribution < 1.29 is 4.79 Å². The molecule has 98 valence electrons. The molecule has 2 rings (SSSR count). The van der Waals surface area contributed by atoms with Gasteiger partial charge in [0.1, 0.15) is 0 Å². The van der Waals surface area contributed by atoms with Gasteiger partial charge in [-0.25, -0.2) is 0 Å². The van der Waals surface area contributed by atoms with E-state index in [1.807, 2.05) is 0 Å². The third-order valence-electron chi connectivity index (χ3n) is 4.37. The van der Waals surface area contributed by atoms with Gasteiger partial charge < -0.3 is 10.6 Å². The summed E-state index contributed by atoms with van der Waals surface area (Å²) in [6, 6.07) is 0.0521. The fraction of sp³-hybridized carbons (Fsp3) is 0.929. The van der Waals surface area contributed by atoms with Crippen LogP contribution in [0.2, 0.25) is 0 Å². The van der Waals surface area contributed by atoms with Crippen LogP contribution in [0.4, 0.5) is 0 Å². The molecule has 0 aromatic carbocycles. The summed E-state index contributed by atoms with van der Waals surface area (Å²) in [5.41, 5.74) is 0.421. The van der Waals surface area contributed by atoms with Crippen molar-refractivity contribution in [3.05, 3.63) is 0 Å². The van der Waals surface area contributed by atoms with Crippen LogP contribution >= 0.6 is 0 Å². The molecule has 0 aromatic rings. The number of carbonyl (C=O) groups is 1. The maximum absolute atomic E-state index is 11.8. The Balaban J connectivity index is 1.81. The molecule has 2 N–H and O–H groups in total. The Bertz CT molecular complexity index is 259. The SMILES string of the molecule is CC1(CNC2CCCCNC2=O)CCCCC1. The lowest BCUT2D eigenvalue weighted by molar-refractivity contribution is -0.123. The minimum atomic E-state index is 0.0521. The largest absolute Gasteiger partial charge is 0.355 e. The van der Waals surface area contributed by atoms with E-state index in [1.54, 1.807) is 0 Å². The van der Waals surface area contributed by atoms with Crippen molar-refractivity contribution >= 4 is 5.91 Å². The summed E-state index contributed by atoms with van der Waals surface area (Å²) in [5, 5.41) is 6.50. The molecule has 1 atom stereocenters. The zero-order chi connectivity index (χ0) is 12.1. The van der Waals surface area contributed by atoms with Crippen LogP contribution in [0.25, 0.3) is 0 Å². The van der Waals surface area contributed by atoms with Gasteiger partial charge in [0.2, 0.25) is 5.91 Å². The van der Waals surface area contributed by atoms with Gasteiger partial charge in [-0.15, -0.1) is 0 Å². The van der Waals surface area contributed by atoms with Gasteiger partial charge in [-0.05, 0) is 37.5 Å². The molecule has 2 aliphatic rings. The monoisotopic (exact) mass is 238 g/mol. The van der Waals surface area contributed by atoms with Crippen LogP contribution in [0, 0.1) is 5.41 Å². The van der Waals surface area contributed by atoms with Crippen molar-refractivity contribution in [2.45, 2.75) is 64.3 Å². The second kappa shape index (κ2) is 5.85. The molecule has 0 bridgehead atoms. The van der Waals surface area contributed by atoms with Crippen molar-refractivity contribution in [2.75, 3.05) is 13.1 Å². The van der Waals surface area contributed by atoms with Crippen LogP contribution in [-0.2, 0) is 4.79 Å². The third kappa shape index (κ3) is 3.70. The Morgan fingerprint density at radius 1 is 1.24 bits per heavy atom. The average molecular weight is 238 g/mol. The van der Waals surface area contributed by atoms with Gasteiger partial charge in [0, 0.05) is 13.1 Å². The molecule has 2 fully saturated rings. The van der Waals surface area contributed by atoms with Gasteiger partial charge in [0.05, 0.1) is 6.04 Å². The van der Waals surface area contributed by atoms with E-state index in [0.717, 1.165) is 32.4 Å². The Labute approximate surface area is 105 Å². The summed E-state index contributed by atoms with van der Waals surface area (Å²) in [7, 11) is 0. The van der Waals surface area contributed by atoms with Crippen LogP contribution in [0.3, 0.4) is 0 Å². The van der Waals surface area contributed by atoms with Gasteiger partial charge in [0.15, 0.2) is 0 Å².